The molecule has 0 atom stereocenters. The lowest BCUT2D eigenvalue weighted by molar-refractivity contribution is 0.134. The van der Waals surface area contributed by atoms with Crippen LogP contribution in [0.1, 0.15) is 5.56 Å². The fraction of sp³-hybridized carbons (Fsp3) is 0.286. The van der Waals surface area contributed by atoms with Crippen LogP contribution in [0.4, 0.5) is 10.6 Å². The summed E-state index contributed by atoms with van der Waals surface area (Å²) in [6.45, 7) is 3.46. The number of sulfonamides is 1. The zero-order valence-corrected chi connectivity index (χ0v) is 18.0. The molecule has 1 aliphatic heterocycles. The van der Waals surface area contributed by atoms with Gasteiger partial charge in [0.1, 0.15) is 0 Å². The molecule has 0 bridgehead atoms. The highest BCUT2D eigenvalue weighted by atomic mass is 32.2. The van der Waals surface area contributed by atoms with Crippen molar-refractivity contribution in [2.24, 2.45) is 0 Å². The molecule has 1 aromatic carbocycles. The van der Waals surface area contributed by atoms with Crippen LogP contribution in [-0.4, -0.2) is 71.4 Å². The van der Waals surface area contributed by atoms with E-state index in [0.29, 0.717) is 13.1 Å². The van der Waals surface area contributed by atoms with Crippen molar-refractivity contribution in [1.29, 1.82) is 0 Å². The molecule has 0 unspecified atom stereocenters. The number of rotatable bonds is 5. The van der Waals surface area contributed by atoms with E-state index < -0.39 is 10.0 Å². The van der Waals surface area contributed by atoms with E-state index in [1.54, 1.807) is 11.1 Å². The zero-order chi connectivity index (χ0) is 21.8. The van der Waals surface area contributed by atoms with Crippen molar-refractivity contribution in [2.75, 3.05) is 37.2 Å². The van der Waals surface area contributed by atoms with Gasteiger partial charge in [-0.3, -0.25) is 14.6 Å². The third-order valence-electron chi connectivity index (χ3n) is 5.05. The van der Waals surface area contributed by atoms with E-state index in [4.69, 9.17) is 0 Å². The molecule has 0 spiro atoms. The average molecular weight is 441 g/mol. The molecule has 2 aromatic heterocycles. The summed E-state index contributed by atoms with van der Waals surface area (Å²) in [4.78, 5) is 20.9. The van der Waals surface area contributed by atoms with Crippen LogP contribution in [-0.2, 0) is 16.6 Å². The van der Waals surface area contributed by atoms with Crippen LogP contribution in [0.5, 0.6) is 0 Å². The van der Waals surface area contributed by atoms with E-state index >= 15 is 0 Å². The molecular weight excluding hydrogens is 416 g/mol. The second kappa shape index (κ2) is 8.86. The molecule has 1 N–H and O–H groups in total. The predicted molar refractivity (Wildman–Crippen MR) is 118 cm³/mol. The first-order valence-electron chi connectivity index (χ1n) is 9.92. The third-order valence-corrected chi connectivity index (χ3v) is 5.63. The second-order valence-corrected chi connectivity index (χ2v) is 9.26. The quantitative estimate of drug-likeness (QED) is 0.652. The van der Waals surface area contributed by atoms with E-state index in [1.165, 1.54) is 22.5 Å². The summed E-state index contributed by atoms with van der Waals surface area (Å²) in [5.41, 5.74) is 3.44. The van der Waals surface area contributed by atoms with Gasteiger partial charge >= 0.3 is 6.03 Å². The maximum atomic E-state index is 12.7. The Morgan fingerprint density at radius 3 is 2.55 bits per heavy atom. The van der Waals surface area contributed by atoms with Gasteiger partial charge < -0.3 is 4.90 Å². The highest BCUT2D eigenvalue weighted by molar-refractivity contribution is 7.92. The molecule has 3 aromatic rings. The van der Waals surface area contributed by atoms with Crippen LogP contribution in [0.15, 0.2) is 61.1 Å². The van der Waals surface area contributed by atoms with Gasteiger partial charge in [-0.25, -0.2) is 13.2 Å². The van der Waals surface area contributed by atoms with Crippen molar-refractivity contribution in [3.8, 4) is 11.1 Å². The summed E-state index contributed by atoms with van der Waals surface area (Å²) in [5.74, 6) is 0.128. The number of piperazine rings is 1. The van der Waals surface area contributed by atoms with E-state index in [9.17, 15) is 13.2 Å². The number of amides is 1. The lowest BCUT2D eigenvalue weighted by Gasteiger charge is -2.34. The highest BCUT2D eigenvalue weighted by Crippen LogP contribution is 2.20. The highest BCUT2D eigenvalue weighted by Gasteiger charge is 2.23. The molecule has 31 heavy (non-hydrogen) atoms. The van der Waals surface area contributed by atoms with Gasteiger partial charge in [-0.1, -0.05) is 24.3 Å². The topological polar surface area (TPSA) is 100 Å². The predicted octanol–water partition coefficient (Wildman–Crippen LogP) is 2.10. The Bertz CT molecular complexity index is 1150. The monoisotopic (exact) mass is 440 g/mol. The fourth-order valence-electron chi connectivity index (χ4n) is 3.56. The van der Waals surface area contributed by atoms with Gasteiger partial charge in [0.05, 0.1) is 6.26 Å². The Morgan fingerprint density at radius 2 is 1.84 bits per heavy atom. The second-order valence-electron chi connectivity index (χ2n) is 7.51. The van der Waals surface area contributed by atoms with Crippen molar-refractivity contribution < 1.29 is 13.2 Å². The Kier molecular flexibility index (Phi) is 6.01. The Hall–Kier alpha value is -3.24. The standard InChI is InChI=1S/C21H24N6O3S/c1-31(29,30)24-20-7-9-27(23-20)21(28)26-12-10-25(11-13-26)16-17-4-2-5-18(14-17)19-6-3-8-22-15-19/h2-9,14-15H,10-13,16H2,1H3,(H,23,24). The van der Waals surface area contributed by atoms with E-state index in [1.807, 2.05) is 18.3 Å². The maximum Gasteiger partial charge on any atom is 0.344 e. The molecule has 1 saturated heterocycles. The molecule has 1 fully saturated rings. The van der Waals surface area contributed by atoms with Gasteiger partial charge in [0.15, 0.2) is 5.82 Å². The number of hydrogen-bond donors (Lipinski definition) is 1. The normalized spacial score (nSPS) is 15.1. The van der Waals surface area contributed by atoms with Crippen LogP contribution in [0.25, 0.3) is 11.1 Å². The summed E-state index contributed by atoms with van der Waals surface area (Å²) in [6.07, 6.45) is 6.13. The minimum Gasteiger partial charge on any atom is -0.320 e. The van der Waals surface area contributed by atoms with E-state index in [-0.39, 0.29) is 11.8 Å². The van der Waals surface area contributed by atoms with Crippen LogP contribution in [0.3, 0.4) is 0 Å². The van der Waals surface area contributed by atoms with Crippen LogP contribution in [0, 0.1) is 0 Å². The van der Waals surface area contributed by atoms with Gasteiger partial charge in [0.2, 0.25) is 10.0 Å². The molecule has 1 aliphatic rings. The largest absolute Gasteiger partial charge is 0.344 e. The molecule has 0 aliphatic carbocycles. The Morgan fingerprint density at radius 1 is 1.06 bits per heavy atom. The van der Waals surface area contributed by atoms with Crippen molar-refractivity contribution in [3.63, 3.8) is 0 Å². The lowest BCUT2D eigenvalue weighted by atomic mass is 10.0. The summed E-state index contributed by atoms with van der Waals surface area (Å²) < 4.78 is 26.0. The molecule has 1 amide bonds. The molecular formula is C21H24N6O3S. The van der Waals surface area contributed by atoms with Gasteiger partial charge in [0.25, 0.3) is 0 Å². The number of benzene rings is 1. The van der Waals surface area contributed by atoms with Crippen LogP contribution in [0.2, 0.25) is 0 Å². The van der Waals surface area contributed by atoms with Crippen LogP contribution >= 0.6 is 0 Å². The number of hydrogen-bond acceptors (Lipinski definition) is 6. The van der Waals surface area contributed by atoms with E-state index in [2.05, 4.69) is 44.0 Å². The van der Waals surface area contributed by atoms with Crippen molar-refractivity contribution >= 4 is 21.9 Å². The van der Waals surface area contributed by atoms with Gasteiger partial charge in [-0.2, -0.15) is 4.68 Å². The lowest BCUT2D eigenvalue weighted by Crippen LogP contribution is -2.49. The molecule has 0 saturated carbocycles. The third kappa shape index (κ3) is 5.47. The zero-order valence-electron chi connectivity index (χ0n) is 17.2. The number of pyridine rings is 1. The van der Waals surface area contributed by atoms with E-state index in [0.717, 1.165) is 37.0 Å². The van der Waals surface area contributed by atoms with Crippen molar-refractivity contribution in [2.45, 2.75) is 6.54 Å². The molecule has 0 radical (unpaired) electrons. The summed E-state index contributed by atoms with van der Waals surface area (Å²) in [5, 5.41) is 4.01. The summed E-state index contributed by atoms with van der Waals surface area (Å²) >= 11 is 0. The van der Waals surface area contributed by atoms with Crippen LogP contribution < -0.4 is 4.72 Å². The first-order chi connectivity index (χ1) is 14.9. The Balaban J connectivity index is 1.33. The van der Waals surface area contributed by atoms with Crippen molar-refractivity contribution in [3.05, 3.63) is 66.6 Å². The number of nitrogens with zero attached hydrogens (tertiary/aromatic N) is 5. The SMILES string of the molecule is CS(=O)(=O)Nc1ccn(C(=O)N2CCN(Cc3cccc(-c4cccnc4)c3)CC2)n1. The number of carbonyl (C=O) groups is 1. The summed E-state index contributed by atoms with van der Waals surface area (Å²) in [7, 11) is -3.43. The minimum atomic E-state index is -3.43. The van der Waals surface area contributed by atoms with Crippen molar-refractivity contribution in [1.82, 2.24) is 24.6 Å². The number of anilines is 1. The number of carbonyl (C=O) groups excluding carboxylic acids is 1. The molecule has 9 nitrogen and oxygen atoms in total. The van der Waals surface area contributed by atoms with Gasteiger partial charge in [-0.05, 0) is 28.8 Å². The molecule has 4 rings (SSSR count). The number of nitrogens with one attached hydrogen (secondary N) is 1. The first kappa shape index (κ1) is 21.0. The van der Waals surface area contributed by atoms with Gasteiger partial charge in [0, 0.05) is 57.4 Å². The average Bonchev–Trinajstić information content (AvgIpc) is 3.21. The molecule has 162 valence electrons. The maximum absolute atomic E-state index is 12.7. The minimum absolute atomic E-state index is 0.128. The molecule has 3 heterocycles. The smallest absolute Gasteiger partial charge is 0.320 e. The van der Waals surface area contributed by atoms with Gasteiger partial charge in [-0.15, -0.1) is 5.10 Å². The fourth-order valence-corrected chi connectivity index (χ4v) is 4.05. The molecule has 10 heteroatoms. The first-order valence-corrected chi connectivity index (χ1v) is 11.8. The summed E-state index contributed by atoms with van der Waals surface area (Å²) in [6, 6.07) is 13.6. The Labute approximate surface area is 181 Å². The number of aromatic nitrogens is 3.